The van der Waals surface area contributed by atoms with Crippen molar-refractivity contribution in [1.29, 1.82) is 0 Å². The molecule has 0 fully saturated rings. The molecule has 0 amide bonds. The van der Waals surface area contributed by atoms with E-state index in [-0.39, 0.29) is 0 Å². The highest BCUT2D eigenvalue weighted by molar-refractivity contribution is 9.09. The average molecular weight is 247 g/mol. The Bertz CT molecular complexity index is 140. The normalized spacial score (nSPS) is 9.54. The Hall–Kier alpha value is -0.310. The number of hydrogen-bond donors (Lipinski definition) is 1. The van der Waals surface area contributed by atoms with Gasteiger partial charge in [0.05, 0.1) is 6.33 Å². The second kappa shape index (κ2) is 9.78. The first kappa shape index (κ1) is 12.7. The van der Waals surface area contributed by atoms with Crippen molar-refractivity contribution in [2.75, 3.05) is 0 Å². The van der Waals surface area contributed by atoms with Crippen LogP contribution in [0.2, 0.25) is 0 Å². The van der Waals surface area contributed by atoms with Crippen molar-refractivity contribution >= 4 is 15.9 Å². The van der Waals surface area contributed by atoms with E-state index in [0.717, 1.165) is 4.83 Å². The largest absolute Gasteiger partial charge is 0.351 e. The second-order valence-corrected chi connectivity index (χ2v) is 4.23. The number of hydrogen-bond acceptors (Lipinski definition) is 1. The van der Waals surface area contributed by atoms with E-state index in [2.05, 4.69) is 39.7 Å². The molecule has 1 rings (SSSR count). The quantitative estimate of drug-likeness (QED) is 0.806. The molecule has 0 saturated heterocycles. The van der Waals surface area contributed by atoms with E-state index in [1.54, 1.807) is 18.7 Å². The van der Waals surface area contributed by atoms with Crippen LogP contribution in [0.25, 0.3) is 0 Å². The Morgan fingerprint density at radius 2 is 1.92 bits per heavy atom. The number of nitrogens with zero attached hydrogens (tertiary/aromatic N) is 1. The van der Waals surface area contributed by atoms with Gasteiger partial charge in [-0.2, -0.15) is 0 Å². The van der Waals surface area contributed by atoms with Gasteiger partial charge in [-0.15, -0.1) is 0 Å². The number of H-pyrrole nitrogens is 1. The molecular weight excluding hydrogens is 228 g/mol. The van der Waals surface area contributed by atoms with E-state index in [1.165, 1.54) is 25.7 Å². The van der Waals surface area contributed by atoms with Crippen LogP contribution in [0.5, 0.6) is 0 Å². The third-order valence-corrected chi connectivity index (χ3v) is 2.53. The van der Waals surface area contributed by atoms with E-state index < -0.39 is 0 Å². The fourth-order valence-corrected chi connectivity index (χ4v) is 1.90. The molecule has 1 aromatic heterocycles. The Morgan fingerprint density at radius 3 is 2.15 bits per heavy atom. The number of alkyl halides is 1. The minimum Gasteiger partial charge on any atom is -0.351 e. The summed E-state index contributed by atoms with van der Waals surface area (Å²) in [4.78, 5) is 7.19. The predicted molar refractivity (Wildman–Crippen MR) is 61.1 cm³/mol. The van der Waals surface area contributed by atoms with Crippen LogP contribution in [0.15, 0.2) is 18.7 Å². The van der Waals surface area contributed by atoms with Crippen LogP contribution in [0, 0.1) is 0 Å². The Balaban J connectivity index is 0.000000243. The van der Waals surface area contributed by atoms with Gasteiger partial charge in [-0.3, -0.25) is 0 Å². The van der Waals surface area contributed by atoms with Gasteiger partial charge < -0.3 is 4.98 Å². The number of imidazole rings is 1. The summed E-state index contributed by atoms with van der Waals surface area (Å²) in [5, 5.41) is 0. The summed E-state index contributed by atoms with van der Waals surface area (Å²) < 4.78 is 0. The minimum absolute atomic E-state index is 0.775. The maximum atomic E-state index is 3.67. The lowest BCUT2D eigenvalue weighted by Crippen LogP contribution is -1.94. The molecule has 0 atom stereocenters. The average Bonchev–Trinajstić information content (AvgIpc) is 2.61. The highest BCUT2D eigenvalue weighted by Gasteiger charge is 1.97. The standard InChI is InChI=1S/C7H15Br.C3H4N2/c1-3-5-7(8)6-4-2;1-2-5-3-4-1/h7H,3-6H2,1-2H3;1-3H,(H,4,5). The second-order valence-electron chi connectivity index (χ2n) is 2.94. The van der Waals surface area contributed by atoms with E-state index in [9.17, 15) is 0 Å². The molecule has 0 aliphatic heterocycles. The number of aromatic nitrogens is 2. The zero-order valence-electron chi connectivity index (χ0n) is 8.46. The number of halogens is 1. The van der Waals surface area contributed by atoms with Gasteiger partial charge in [0.1, 0.15) is 0 Å². The molecule has 0 aliphatic rings. The lowest BCUT2D eigenvalue weighted by Gasteiger charge is -2.03. The first-order valence-corrected chi connectivity index (χ1v) is 5.79. The number of aromatic amines is 1. The summed E-state index contributed by atoms with van der Waals surface area (Å²) in [6.07, 6.45) is 10.3. The highest BCUT2D eigenvalue weighted by Crippen LogP contribution is 2.12. The topological polar surface area (TPSA) is 28.7 Å². The van der Waals surface area contributed by atoms with E-state index in [1.807, 2.05) is 0 Å². The Morgan fingerprint density at radius 1 is 1.31 bits per heavy atom. The molecule has 0 aliphatic carbocycles. The third kappa shape index (κ3) is 9.61. The molecule has 1 N–H and O–H groups in total. The molecule has 13 heavy (non-hydrogen) atoms. The van der Waals surface area contributed by atoms with Crippen molar-refractivity contribution < 1.29 is 0 Å². The van der Waals surface area contributed by atoms with E-state index >= 15 is 0 Å². The van der Waals surface area contributed by atoms with Gasteiger partial charge in [0.2, 0.25) is 0 Å². The molecule has 0 spiro atoms. The summed E-state index contributed by atoms with van der Waals surface area (Å²) in [6.45, 7) is 4.45. The van der Waals surface area contributed by atoms with Crippen LogP contribution in [-0.2, 0) is 0 Å². The first-order chi connectivity index (χ1) is 6.31. The van der Waals surface area contributed by atoms with Crippen LogP contribution in [0.4, 0.5) is 0 Å². The van der Waals surface area contributed by atoms with Crippen LogP contribution >= 0.6 is 15.9 Å². The first-order valence-electron chi connectivity index (χ1n) is 4.88. The number of rotatable bonds is 4. The van der Waals surface area contributed by atoms with Crippen molar-refractivity contribution in [2.45, 2.75) is 44.4 Å². The molecule has 0 radical (unpaired) electrons. The molecule has 1 heterocycles. The van der Waals surface area contributed by atoms with Gasteiger partial charge >= 0.3 is 0 Å². The van der Waals surface area contributed by atoms with E-state index in [0.29, 0.717) is 0 Å². The molecule has 0 saturated carbocycles. The molecule has 3 heteroatoms. The maximum absolute atomic E-state index is 3.67. The molecule has 0 bridgehead atoms. The minimum atomic E-state index is 0.775. The van der Waals surface area contributed by atoms with Crippen molar-refractivity contribution in [3.8, 4) is 0 Å². The lowest BCUT2D eigenvalue weighted by atomic mass is 10.2. The lowest BCUT2D eigenvalue weighted by molar-refractivity contribution is 0.682. The monoisotopic (exact) mass is 246 g/mol. The number of nitrogens with one attached hydrogen (secondary N) is 1. The van der Waals surface area contributed by atoms with Gasteiger partial charge in [-0.05, 0) is 12.8 Å². The molecular formula is C10H19BrN2. The van der Waals surface area contributed by atoms with Crippen LogP contribution < -0.4 is 0 Å². The molecule has 2 nitrogen and oxygen atoms in total. The van der Waals surface area contributed by atoms with Crippen molar-refractivity contribution in [3.63, 3.8) is 0 Å². The smallest absolute Gasteiger partial charge is 0.0919 e. The van der Waals surface area contributed by atoms with Gasteiger partial charge in [0.25, 0.3) is 0 Å². The Kier molecular flexibility index (Phi) is 9.54. The van der Waals surface area contributed by atoms with Gasteiger partial charge in [0, 0.05) is 17.2 Å². The van der Waals surface area contributed by atoms with Gasteiger partial charge in [-0.25, -0.2) is 4.98 Å². The summed E-state index contributed by atoms with van der Waals surface area (Å²) in [5.74, 6) is 0. The van der Waals surface area contributed by atoms with Gasteiger partial charge in [0.15, 0.2) is 0 Å². The summed E-state index contributed by atoms with van der Waals surface area (Å²) in [7, 11) is 0. The van der Waals surface area contributed by atoms with Crippen molar-refractivity contribution in [3.05, 3.63) is 18.7 Å². The zero-order valence-corrected chi connectivity index (χ0v) is 10.0. The summed E-state index contributed by atoms with van der Waals surface area (Å²) >= 11 is 3.60. The fourth-order valence-electron chi connectivity index (χ4n) is 0.986. The summed E-state index contributed by atoms with van der Waals surface area (Å²) in [6, 6.07) is 0. The zero-order chi connectivity index (χ0) is 9.94. The van der Waals surface area contributed by atoms with Crippen LogP contribution in [0.3, 0.4) is 0 Å². The highest BCUT2D eigenvalue weighted by atomic mass is 79.9. The van der Waals surface area contributed by atoms with Crippen LogP contribution in [0.1, 0.15) is 39.5 Å². The predicted octanol–water partition coefficient (Wildman–Crippen LogP) is 3.76. The summed E-state index contributed by atoms with van der Waals surface area (Å²) in [5.41, 5.74) is 0. The van der Waals surface area contributed by atoms with Crippen LogP contribution in [-0.4, -0.2) is 14.8 Å². The van der Waals surface area contributed by atoms with Gasteiger partial charge in [-0.1, -0.05) is 42.6 Å². The van der Waals surface area contributed by atoms with Crippen molar-refractivity contribution in [1.82, 2.24) is 9.97 Å². The molecule has 76 valence electrons. The SMILES string of the molecule is CCCC(Br)CCC.c1c[nH]cn1. The maximum Gasteiger partial charge on any atom is 0.0919 e. The van der Waals surface area contributed by atoms with Crippen molar-refractivity contribution in [2.24, 2.45) is 0 Å². The fraction of sp³-hybridized carbons (Fsp3) is 0.700. The van der Waals surface area contributed by atoms with E-state index in [4.69, 9.17) is 0 Å². The third-order valence-electron chi connectivity index (χ3n) is 1.61. The Labute approximate surface area is 89.3 Å². The molecule has 0 unspecified atom stereocenters. The molecule has 0 aromatic carbocycles. The molecule has 1 aromatic rings.